The molecular formula is C12H22I2O. The number of halogens is 2. The minimum atomic E-state index is 0. The first-order chi connectivity index (χ1) is 6.84. The molecule has 1 nitrogen and oxygen atoms in total. The van der Waals surface area contributed by atoms with E-state index in [1.165, 1.54) is 12.0 Å². The number of hydrogen-bond acceptors (Lipinski definition) is 1. The van der Waals surface area contributed by atoms with Gasteiger partial charge in [-0.25, -0.2) is 0 Å². The van der Waals surface area contributed by atoms with Crippen LogP contribution in [0.5, 0.6) is 0 Å². The standard InChI is InChI=1S/C10H14.CH4O.CH4.I2/c1-3-9(2)10-7-5-4-6-8-10;1-2;;1-2/h4-9H,3H2,1-2H3;2H,1H3;1H4;. The van der Waals surface area contributed by atoms with Crippen molar-refractivity contribution in [1.29, 1.82) is 0 Å². The number of aliphatic hydroxyl groups is 1. The Kier molecular flexibility index (Phi) is 23.8. The highest BCUT2D eigenvalue weighted by Gasteiger charge is 1.98. The van der Waals surface area contributed by atoms with E-state index in [-0.39, 0.29) is 7.43 Å². The van der Waals surface area contributed by atoms with Gasteiger partial charge in [0.2, 0.25) is 0 Å². The van der Waals surface area contributed by atoms with Crippen LogP contribution in [0.4, 0.5) is 0 Å². The van der Waals surface area contributed by atoms with E-state index in [1.54, 1.807) is 0 Å². The van der Waals surface area contributed by atoms with Gasteiger partial charge < -0.3 is 5.11 Å². The Morgan fingerprint density at radius 3 is 1.87 bits per heavy atom. The molecule has 0 aliphatic carbocycles. The first kappa shape index (κ1) is 21.0. The Labute approximate surface area is 118 Å². The Morgan fingerprint density at radius 1 is 1.13 bits per heavy atom. The average Bonchev–Trinajstić information content (AvgIpc) is 2.34. The van der Waals surface area contributed by atoms with Crippen LogP contribution in [0.2, 0.25) is 0 Å². The molecule has 0 bridgehead atoms. The molecule has 0 heterocycles. The number of aliphatic hydroxyl groups excluding tert-OH is 1. The molecule has 0 fully saturated rings. The Bertz CT molecular complexity index is 190. The average molecular weight is 436 g/mol. The number of benzene rings is 1. The summed E-state index contributed by atoms with van der Waals surface area (Å²) in [7, 11) is 1.00. The van der Waals surface area contributed by atoms with Gasteiger partial charge in [0.1, 0.15) is 0 Å². The lowest BCUT2D eigenvalue weighted by Crippen LogP contribution is -1.88. The Balaban J connectivity index is -0.000000258. The van der Waals surface area contributed by atoms with Crippen LogP contribution in [0.25, 0.3) is 0 Å². The Morgan fingerprint density at radius 2 is 1.53 bits per heavy atom. The molecule has 0 spiro atoms. The van der Waals surface area contributed by atoms with Crippen molar-refractivity contribution in [3.63, 3.8) is 0 Å². The van der Waals surface area contributed by atoms with Crippen LogP contribution in [0.1, 0.15) is 39.2 Å². The molecule has 0 amide bonds. The molecule has 0 aliphatic heterocycles. The predicted octanol–water partition coefficient (Wildman–Crippen LogP) is 5.22. The van der Waals surface area contributed by atoms with E-state index in [0.29, 0.717) is 5.92 Å². The maximum atomic E-state index is 7.00. The summed E-state index contributed by atoms with van der Waals surface area (Å²) < 4.78 is 0. The van der Waals surface area contributed by atoms with Crippen LogP contribution in [0.3, 0.4) is 0 Å². The van der Waals surface area contributed by atoms with Crippen LogP contribution in [0.15, 0.2) is 30.3 Å². The zero-order valence-electron chi connectivity index (χ0n) is 8.87. The van der Waals surface area contributed by atoms with Crippen molar-refractivity contribution in [3.8, 4) is 0 Å². The monoisotopic (exact) mass is 436 g/mol. The second-order valence-electron chi connectivity index (χ2n) is 2.72. The van der Waals surface area contributed by atoms with Gasteiger partial charge in [0.25, 0.3) is 0 Å². The first-order valence-corrected chi connectivity index (χ1v) is 10.8. The van der Waals surface area contributed by atoms with Gasteiger partial charge in [-0.2, -0.15) is 0 Å². The second-order valence-corrected chi connectivity index (χ2v) is 2.72. The van der Waals surface area contributed by atoms with Crippen molar-refractivity contribution in [1.82, 2.24) is 0 Å². The van der Waals surface area contributed by atoms with E-state index in [1.807, 2.05) is 0 Å². The zero-order chi connectivity index (χ0) is 11.4. The minimum Gasteiger partial charge on any atom is -0.400 e. The highest BCUT2D eigenvalue weighted by Crippen LogP contribution is 2.16. The summed E-state index contributed by atoms with van der Waals surface area (Å²) in [5.41, 5.74) is 1.45. The van der Waals surface area contributed by atoms with Gasteiger partial charge in [-0.15, -0.1) is 0 Å². The molecule has 1 aromatic rings. The fraction of sp³-hybridized carbons (Fsp3) is 0.500. The molecule has 15 heavy (non-hydrogen) atoms. The van der Waals surface area contributed by atoms with Gasteiger partial charge in [0.15, 0.2) is 0 Å². The molecule has 1 unspecified atom stereocenters. The van der Waals surface area contributed by atoms with Gasteiger partial charge in [-0.05, 0) is 17.9 Å². The highest BCUT2D eigenvalue weighted by molar-refractivity contribution is 15.0. The van der Waals surface area contributed by atoms with Crippen LogP contribution < -0.4 is 0 Å². The molecule has 0 aromatic heterocycles. The van der Waals surface area contributed by atoms with E-state index in [4.69, 9.17) is 5.11 Å². The van der Waals surface area contributed by atoms with Crippen molar-refractivity contribution in [2.45, 2.75) is 33.6 Å². The third kappa shape index (κ3) is 10.9. The smallest absolute Gasteiger partial charge is 0.0319 e. The molecule has 0 saturated carbocycles. The molecule has 0 aliphatic rings. The Hall–Kier alpha value is 0.640. The molecule has 0 saturated heterocycles. The van der Waals surface area contributed by atoms with E-state index in [2.05, 4.69) is 81.4 Å². The van der Waals surface area contributed by atoms with E-state index in [9.17, 15) is 0 Å². The quantitative estimate of drug-likeness (QED) is 0.631. The maximum Gasteiger partial charge on any atom is 0.0319 e. The third-order valence-corrected chi connectivity index (χ3v) is 1.98. The molecule has 1 atom stereocenters. The van der Waals surface area contributed by atoms with Crippen molar-refractivity contribution < 1.29 is 5.11 Å². The van der Waals surface area contributed by atoms with E-state index in [0.717, 1.165) is 7.11 Å². The largest absolute Gasteiger partial charge is 0.400 e. The zero-order valence-corrected chi connectivity index (χ0v) is 13.2. The van der Waals surface area contributed by atoms with Crippen LogP contribution >= 0.6 is 37.2 Å². The van der Waals surface area contributed by atoms with Crippen molar-refractivity contribution in [3.05, 3.63) is 35.9 Å². The van der Waals surface area contributed by atoms with Gasteiger partial charge in [0.05, 0.1) is 0 Å². The predicted molar refractivity (Wildman–Crippen MR) is 88.1 cm³/mol. The summed E-state index contributed by atoms with van der Waals surface area (Å²) in [5, 5.41) is 7.00. The summed E-state index contributed by atoms with van der Waals surface area (Å²) in [6.45, 7) is 4.48. The second kappa shape index (κ2) is 17.0. The van der Waals surface area contributed by atoms with Crippen molar-refractivity contribution in [2.75, 3.05) is 7.11 Å². The number of hydrogen-bond donors (Lipinski definition) is 1. The van der Waals surface area contributed by atoms with E-state index >= 15 is 0 Å². The summed E-state index contributed by atoms with van der Waals surface area (Å²) in [4.78, 5) is 0. The first-order valence-electron chi connectivity index (χ1n) is 4.48. The summed E-state index contributed by atoms with van der Waals surface area (Å²) in [5.74, 6) is 0.709. The normalized spacial score (nSPS) is 9.47. The summed E-state index contributed by atoms with van der Waals surface area (Å²) in [6.07, 6.45) is 1.23. The molecule has 90 valence electrons. The van der Waals surface area contributed by atoms with Gasteiger partial charge >= 0.3 is 0 Å². The minimum absolute atomic E-state index is 0. The van der Waals surface area contributed by atoms with Crippen LogP contribution in [-0.4, -0.2) is 12.2 Å². The van der Waals surface area contributed by atoms with Gasteiger partial charge in [-0.3, -0.25) is 0 Å². The number of rotatable bonds is 2. The van der Waals surface area contributed by atoms with Crippen molar-refractivity contribution in [2.24, 2.45) is 0 Å². The molecule has 1 aromatic carbocycles. The fourth-order valence-corrected chi connectivity index (χ4v) is 1.02. The molecule has 1 rings (SSSR count). The van der Waals surface area contributed by atoms with E-state index < -0.39 is 0 Å². The lowest BCUT2D eigenvalue weighted by molar-refractivity contribution is 0.399. The van der Waals surface area contributed by atoms with Crippen molar-refractivity contribution >= 4 is 37.2 Å². The third-order valence-electron chi connectivity index (χ3n) is 1.98. The maximum absolute atomic E-state index is 7.00. The van der Waals surface area contributed by atoms with Gasteiger partial charge in [0, 0.05) is 44.3 Å². The van der Waals surface area contributed by atoms with Gasteiger partial charge in [-0.1, -0.05) is 51.6 Å². The lowest BCUT2D eigenvalue weighted by atomic mass is 9.99. The topological polar surface area (TPSA) is 20.2 Å². The summed E-state index contributed by atoms with van der Waals surface area (Å²) >= 11 is 4.24. The molecular weight excluding hydrogens is 414 g/mol. The summed E-state index contributed by atoms with van der Waals surface area (Å²) in [6, 6.07) is 10.6. The highest BCUT2D eigenvalue weighted by atomic mass is 128. The van der Waals surface area contributed by atoms with Crippen LogP contribution in [0, 0.1) is 0 Å². The molecule has 1 N–H and O–H groups in total. The fourth-order valence-electron chi connectivity index (χ4n) is 1.02. The molecule has 3 heteroatoms. The SMILES string of the molecule is C.CCC(C)c1ccccc1.CO.II. The molecule has 0 radical (unpaired) electrons. The lowest BCUT2D eigenvalue weighted by Gasteiger charge is -2.06. The van der Waals surface area contributed by atoms with Crippen LogP contribution in [-0.2, 0) is 0 Å².